The largest absolute Gasteiger partial charge is 0.212 e. The topological polar surface area (TPSA) is 0 Å². The van der Waals surface area contributed by atoms with Crippen molar-refractivity contribution in [3.05, 3.63) is 23.8 Å². The zero-order valence-electron chi connectivity index (χ0n) is 6.54. The molecule has 0 aliphatic heterocycles. The van der Waals surface area contributed by atoms with Crippen molar-refractivity contribution in [1.29, 1.82) is 0 Å². The van der Waals surface area contributed by atoms with Crippen molar-refractivity contribution in [2.45, 2.75) is 20.8 Å². The first kappa shape index (κ1) is 9.34. The smallest absolute Gasteiger partial charge is 0.122 e. The predicted molar refractivity (Wildman–Crippen MR) is 38.9 cm³/mol. The molecule has 0 bridgehead atoms. The molecule has 0 unspecified atom stereocenters. The molecule has 10 heavy (non-hydrogen) atoms. The first-order valence-corrected chi connectivity index (χ1v) is 3.17. The van der Waals surface area contributed by atoms with Gasteiger partial charge in [0.05, 0.1) is 0 Å². The highest BCUT2D eigenvalue weighted by molar-refractivity contribution is 5.26. The quantitative estimate of drug-likeness (QED) is 0.524. The summed E-state index contributed by atoms with van der Waals surface area (Å²) < 4.78 is 24.8. The molecule has 0 amide bonds. The normalized spacial score (nSPS) is 13.4. The predicted octanol–water partition coefficient (Wildman–Crippen LogP) is 3.37. The lowest BCUT2D eigenvalue weighted by Crippen LogP contribution is -1.95. The molecule has 0 N–H and O–H groups in total. The number of halogens is 2. The van der Waals surface area contributed by atoms with Crippen LogP contribution in [0.15, 0.2) is 23.8 Å². The van der Waals surface area contributed by atoms with Gasteiger partial charge in [0.25, 0.3) is 0 Å². The van der Waals surface area contributed by atoms with E-state index in [0.717, 1.165) is 0 Å². The fourth-order valence-electron chi connectivity index (χ4n) is 0.898. The number of allylic oxidation sites excluding steroid dienone is 3. The Bertz CT molecular complexity index is 162. The summed E-state index contributed by atoms with van der Waals surface area (Å²) in [6.45, 7) is 7.72. The third kappa shape index (κ3) is 2.29. The van der Waals surface area contributed by atoms with Crippen LogP contribution in [0.4, 0.5) is 8.78 Å². The lowest BCUT2D eigenvalue weighted by Gasteiger charge is -2.07. The van der Waals surface area contributed by atoms with Crippen molar-refractivity contribution in [3.8, 4) is 0 Å². The number of hydrogen-bond donors (Lipinski definition) is 0. The molecule has 0 rings (SSSR count). The summed E-state index contributed by atoms with van der Waals surface area (Å²) in [6.07, 6.45) is 0. The molecule has 0 atom stereocenters. The van der Waals surface area contributed by atoms with E-state index in [0.29, 0.717) is 0 Å². The van der Waals surface area contributed by atoms with Gasteiger partial charge in [-0.15, -0.1) is 0 Å². The molecule has 0 aliphatic rings. The van der Waals surface area contributed by atoms with Gasteiger partial charge in [-0.25, -0.2) is 8.78 Å². The third-order valence-electron chi connectivity index (χ3n) is 1.24. The zero-order valence-corrected chi connectivity index (χ0v) is 6.54. The molecule has 0 nitrogen and oxygen atoms in total. The van der Waals surface area contributed by atoms with Gasteiger partial charge >= 0.3 is 0 Å². The fourth-order valence-corrected chi connectivity index (χ4v) is 0.898. The van der Waals surface area contributed by atoms with E-state index in [1.807, 2.05) is 0 Å². The van der Waals surface area contributed by atoms with Gasteiger partial charge in [0.2, 0.25) is 0 Å². The second kappa shape index (κ2) is 3.49. The Labute approximate surface area is 60.2 Å². The van der Waals surface area contributed by atoms with Gasteiger partial charge in [-0.1, -0.05) is 20.4 Å². The lowest BCUT2D eigenvalue weighted by atomic mass is 10.0. The van der Waals surface area contributed by atoms with Crippen molar-refractivity contribution in [1.82, 2.24) is 0 Å². The van der Waals surface area contributed by atoms with E-state index in [-0.39, 0.29) is 11.5 Å². The summed E-state index contributed by atoms with van der Waals surface area (Å²) in [4.78, 5) is 0. The second-order valence-corrected chi connectivity index (χ2v) is 2.51. The van der Waals surface area contributed by atoms with Gasteiger partial charge in [0.15, 0.2) is 0 Å². The Kier molecular flexibility index (Phi) is 3.26. The summed E-state index contributed by atoms with van der Waals surface area (Å²) in [5.41, 5.74) is 0.0833. The minimum Gasteiger partial charge on any atom is -0.212 e. The highest BCUT2D eigenvalue weighted by Crippen LogP contribution is 2.23. The van der Waals surface area contributed by atoms with Crippen LogP contribution in [-0.4, -0.2) is 0 Å². The van der Waals surface area contributed by atoms with E-state index in [2.05, 4.69) is 6.58 Å². The first-order valence-electron chi connectivity index (χ1n) is 3.17. The van der Waals surface area contributed by atoms with Gasteiger partial charge in [-0.05, 0) is 12.8 Å². The summed E-state index contributed by atoms with van der Waals surface area (Å²) >= 11 is 0. The molecule has 0 fully saturated rings. The van der Waals surface area contributed by atoms with Crippen molar-refractivity contribution in [2.24, 2.45) is 5.92 Å². The summed E-state index contributed by atoms with van der Waals surface area (Å²) in [6, 6.07) is 0. The molecule has 2 heteroatoms. The molecule has 0 aromatic heterocycles. The Morgan fingerprint density at radius 2 is 1.70 bits per heavy atom. The highest BCUT2D eigenvalue weighted by atomic mass is 19.1. The van der Waals surface area contributed by atoms with Crippen LogP contribution in [0.3, 0.4) is 0 Å². The molecule has 0 radical (unpaired) electrons. The van der Waals surface area contributed by atoms with Crippen LogP contribution in [0, 0.1) is 5.92 Å². The maximum absolute atomic E-state index is 12.4. The van der Waals surface area contributed by atoms with Crippen molar-refractivity contribution in [3.63, 3.8) is 0 Å². The van der Waals surface area contributed by atoms with E-state index in [1.165, 1.54) is 6.92 Å². The Morgan fingerprint density at radius 3 is 1.70 bits per heavy atom. The van der Waals surface area contributed by atoms with E-state index in [1.54, 1.807) is 13.8 Å². The van der Waals surface area contributed by atoms with Crippen molar-refractivity contribution >= 4 is 0 Å². The Hall–Kier alpha value is -0.660. The van der Waals surface area contributed by atoms with Crippen LogP contribution in [0.5, 0.6) is 0 Å². The van der Waals surface area contributed by atoms with E-state index < -0.39 is 11.7 Å². The average molecular weight is 146 g/mol. The highest BCUT2D eigenvalue weighted by Gasteiger charge is 2.10. The molecular weight excluding hydrogens is 134 g/mol. The van der Waals surface area contributed by atoms with Gasteiger partial charge in [-0.3, -0.25) is 0 Å². The van der Waals surface area contributed by atoms with E-state index in [4.69, 9.17) is 0 Å². The molecule has 0 heterocycles. The number of rotatable bonds is 2. The molecular formula is C8H12F2. The van der Waals surface area contributed by atoms with Crippen LogP contribution < -0.4 is 0 Å². The van der Waals surface area contributed by atoms with Gasteiger partial charge in [0.1, 0.15) is 11.7 Å². The van der Waals surface area contributed by atoms with Crippen LogP contribution in [-0.2, 0) is 0 Å². The van der Waals surface area contributed by atoms with Crippen LogP contribution in [0.1, 0.15) is 20.8 Å². The van der Waals surface area contributed by atoms with Gasteiger partial charge in [0, 0.05) is 5.57 Å². The lowest BCUT2D eigenvalue weighted by molar-refractivity contribution is 0.555. The summed E-state index contributed by atoms with van der Waals surface area (Å²) in [7, 11) is 0. The zero-order chi connectivity index (χ0) is 8.31. The fraction of sp³-hybridized carbons (Fsp3) is 0.500. The van der Waals surface area contributed by atoms with Crippen LogP contribution in [0.25, 0.3) is 0 Å². The van der Waals surface area contributed by atoms with E-state index >= 15 is 0 Å². The number of hydrogen-bond acceptors (Lipinski definition) is 0. The molecule has 0 aromatic rings. The summed E-state index contributed by atoms with van der Waals surface area (Å²) in [5, 5.41) is 0. The first-order chi connectivity index (χ1) is 4.46. The monoisotopic (exact) mass is 146 g/mol. The van der Waals surface area contributed by atoms with Gasteiger partial charge < -0.3 is 0 Å². The van der Waals surface area contributed by atoms with Gasteiger partial charge in [-0.2, -0.15) is 0 Å². The molecule has 0 spiro atoms. The average Bonchev–Trinajstić information content (AvgIpc) is 1.59. The molecule has 0 saturated heterocycles. The standard InChI is InChI=1S/C8H12F2/c1-5(2)8(6(3)9)7(4)10/h5H,3H2,1-2,4H3/b8-7+. The molecule has 58 valence electrons. The Balaban J connectivity index is 4.61. The minimum absolute atomic E-state index is 0.0833. The van der Waals surface area contributed by atoms with Crippen molar-refractivity contribution < 1.29 is 8.78 Å². The van der Waals surface area contributed by atoms with Crippen LogP contribution >= 0.6 is 0 Å². The molecule has 0 aromatic carbocycles. The SMILES string of the molecule is C=C(F)/C(=C(\C)F)C(C)C. The van der Waals surface area contributed by atoms with Crippen LogP contribution in [0.2, 0.25) is 0 Å². The third-order valence-corrected chi connectivity index (χ3v) is 1.24. The van der Waals surface area contributed by atoms with Crippen molar-refractivity contribution in [2.75, 3.05) is 0 Å². The maximum Gasteiger partial charge on any atom is 0.122 e. The van der Waals surface area contributed by atoms with E-state index in [9.17, 15) is 8.78 Å². The Morgan fingerprint density at radius 1 is 1.30 bits per heavy atom. The molecule has 0 saturated carbocycles. The maximum atomic E-state index is 12.4. The second-order valence-electron chi connectivity index (χ2n) is 2.51. The molecule has 0 aliphatic carbocycles. The summed E-state index contributed by atoms with van der Waals surface area (Å²) in [5.74, 6) is -1.29. The minimum atomic E-state index is -0.671.